The smallest absolute Gasteiger partial charge is 0.128 e. The highest BCUT2D eigenvalue weighted by atomic mass is 35.5. The van der Waals surface area contributed by atoms with E-state index in [1.165, 1.54) is 0 Å². The van der Waals surface area contributed by atoms with E-state index in [9.17, 15) is 0 Å². The molecule has 0 N–H and O–H groups in total. The van der Waals surface area contributed by atoms with Crippen molar-refractivity contribution in [1.82, 2.24) is 4.90 Å². The van der Waals surface area contributed by atoms with Gasteiger partial charge in [-0.15, -0.1) is 0 Å². The summed E-state index contributed by atoms with van der Waals surface area (Å²) in [6, 6.07) is 22.6. The zero-order valence-electron chi connectivity index (χ0n) is 20.4. The Morgan fingerprint density at radius 1 is 0.941 bits per heavy atom. The highest BCUT2D eigenvalue weighted by Crippen LogP contribution is 2.46. The highest BCUT2D eigenvalue weighted by Gasteiger charge is 2.25. The van der Waals surface area contributed by atoms with Crippen LogP contribution in [0.5, 0.6) is 11.5 Å². The molecule has 34 heavy (non-hydrogen) atoms. The lowest BCUT2D eigenvalue weighted by atomic mass is 9.88. The van der Waals surface area contributed by atoms with Crippen LogP contribution in [0.25, 0.3) is 16.7 Å². The van der Waals surface area contributed by atoms with Crippen LogP contribution in [0.3, 0.4) is 0 Å². The fourth-order valence-corrected chi connectivity index (χ4v) is 5.01. The average molecular weight is 476 g/mol. The van der Waals surface area contributed by atoms with E-state index in [4.69, 9.17) is 21.1 Å². The maximum absolute atomic E-state index is 6.96. The molecule has 1 saturated heterocycles. The van der Waals surface area contributed by atoms with Crippen molar-refractivity contribution < 1.29 is 9.47 Å². The summed E-state index contributed by atoms with van der Waals surface area (Å²) in [6.45, 7) is 7.60. The van der Waals surface area contributed by atoms with Crippen molar-refractivity contribution in [2.75, 3.05) is 26.7 Å². The second-order valence-electron chi connectivity index (χ2n) is 8.64. The number of benzene rings is 3. The number of hydrogen-bond acceptors (Lipinski definition) is 3. The SMILES string of the molecule is CCC=C(c1ccccc1)c1c(Cl)ccc(OC2CCN(CC)CC2)c1-c1ccccc1OC. The van der Waals surface area contributed by atoms with Gasteiger partial charge in [0, 0.05) is 34.8 Å². The minimum Gasteiger partial charge on any atom is -0.496 e. The van der Waals surface area contributed by atoms with Gasteiger partial charge in [-0.2, -0.15) is 0 Å². The van der Waals surface area contributed by atoms with Crippen LogP contribution in [0, 0.1) is 0 Å². The van der Waals surface area contributed by atoms with E-state index >= 15 is 0 Å². The molecule has 3 aromatic rings. The number of nitrogens with zero attached hydrogens (tertiary/aromatic N) is 1. The first-order valence-electron chi connectivity index (χ1n) is 12.3. The first kappa shape index (κ1) is 24.4. The zero-order chi connectivity index (χ0) is 23.9. The summed E-state index contributed by atoms with van der Waals surface area (Å²) < 4.78 is 12.5. The molecule has 3 nitrogen and oxygen atoms in total. The van der Waals surface area contributed by atoms with Crippen LogP contribution in [-0.2, 0) is 0 Å². The fourth-order valence-electron chi connectivity index (χ4n) is 4.75. The first-order valence-corrected chi connectivity index (χ1v) is 12.6. The normalized spacial score (nSPS) is 15.4. The van der Waals surface area contributed by atoms with Gasteiger partial charge in [0.25, 0.3) is 0 Å². The number of likely N-dealkylation sites (tertiary alicyclic amines) is 1. The topological polar surface area (TPSA) is 21.7 Å². The highest BCUT2D eigenvalue weighted by molar-refractivity contribution is 6.33. The van der Waals surface area contributed by atoms with E-state index in [-0.39, 0.29) is 6.10 Å². The summed E-state index contributed by atoms with van der Waals surface area (Å²) in [7, 11) is 1.71. The Morgan fingerprint density at radius 3 is 2.32 bits per heavy atom. The third-order valence-electron chi connectivity index (χ3n) is 6.53. The molecule has 0 atom stereocenters. The maximum atomic E-state index is 6.96. The number of hydrogen-bond donors (Lipinski definition) is 0. The fraction of sp³-hybridized carbons (Fsp3) is 0.333. The second kappa shape index (κ2) is 11.6. The van der Waals surface area contributed by atoms with Gasteiger partial charge in [-0.3, -0.25) is 0 Å². The Bertz CT molecular complexity index is 1120. The molecule has 0 unspecified atom stereocenters. The Hall–Kier alpha value is -2.75. The maximum Gasteiger partial charge on any atom is 0.128 e. The van der Waals surface area contributed by atoms with Crippen LogP contribution in [0.15, 0.2) is 72.8 Å². The Morgan fingerprint density at radius 2 is 1.65 bits per heavy atom. The predicted octanol–water partition coefficient (Wildman–Crippen LogP) is 7.72. The third-order valence-corrected chi connectivity index (χ3v) is 6.85. The molecule has 4 rings (SSSR count). The molecule has 3 aromatic carbocycles. The monoisotopic (exact) mass is 475 g/mol. The molecule has 0 spiro atoms. The summed E-state index contributed by atoms with van der Waals surface area (Å²) in [6.07, 6.45) is 5.37. The first-order chi connectivity index (χ1) is 16.7. The summed E-state index contributed by atoms with van der Waals surface area (Å²) in [5.74, 6) is 1.66. The van der Waals surface area contributed by atoms with Gasteiger partial charge in [-0.1, -0.05) is 80.1 Å². The molecule has 0 radical (unpaired) electrons. The summed E-state index contributed by atoms with van der Waals surface area (Å²) in [4.78, 5) is 2.48. The van der Waals surface area contributed by atoms with Crippen LogP contribution >= 0.6 is 11.6 Å². The molecule has 0 saturated carbocycles. The lowest BCUT2D eigenvalue weighted by Crippen LogP contribution is -2.38. The number of ether oxygens (including phenoxy) is 2. The lowest BCUT2D eigenvalue weighted by Gasteiger charge is -2.32. The third kappa shape index (κ3) is 5.32. The summed E-state index contributed by atoms with van der Waals surface area (Å²) in [5.41, 5.74) is 5.21. The van der Waals surface area contributed by atoms with Crippen LogP contribution in [-0.4, -0.2) is 37.7 Å². The number of rotatable bonds is 8. The van der Waals surface area contributed by atoms with Gasteiger partial charge in [-0.05, 0) is 55.1 Å². The van der Waals surface area contributed by atoms with E-state index in [0.717, 1.165) is 78.2 Å². The van der Waals surface area contributed by atoms with Crippen LogP contribution in [0.4, 0.5) is 0 Å². The zero-order valence-corrected chi connectivity index (χ0v) is 21.1. The standard InChI is InChI=1S/C30H34ClNO2/c1-4-11-24(22-12-7-6-8-13-22)29-26(31)16-17-28(34-23-18-20-32(5-2)21-19-23)30(29)25-14-9-10-15-27(25)33-3/h6-17,23H,4-5,18-21H2,1-3H3. The molecule has 4 heteroatoms. The van der Waals surface area contributed by atoms with Crippen molar-refractivity contribution in [2.24, 2.45) is 0 Å². The van der Waals surface area contributed by atoms with Crippen LogP contribution in [0.1, 0.15) is 44.2 Å². The Labute approximate surface area is 209 Å². The van der Waals surface area contributed by atoms with Crippen molar-refractivity contribution in [2.45, 2.75) is 39.2 Å². The molecule has 178 valence electrons. The van der Waals surface area contributed by atoms with Gasteiger partial charge in [-0.25, -0.2) is 0 Å². The quantitative estimate of drug-likeness (QED) is 0.333. The van der Waals surface area contributed by atoms with Gasteiger partial charge >= 0.3 is 0 Å². The number of halogens is 1. The molecular formula is C30H34ClNO2. The number of para-hydroxylation sites is 1. The van der Waals surface area contributed by atoms with Crippen molar-refractivity contribution >= 4 is 17.2 Å². The minimum atomic E-state index is 0.181. The molecular weight excluding hydrogens is 442 g/mol. The van der Waals surface area contributed by atoms with Crippen molar-refractivity contribution in [3.8, 4) is 22.6 Å². The van der Waals surface area contributed by atoms with Crippen LogP contribution < -0.4 is 9.47 Å². The van der Waals surface area contributed by atoms with Gasteiger partial charge in [0.2, 0.25) is 0 Å². The van der Waals surface area contributed by atoms with Gasteiger partial charge in [0.15, 0.2) is 0 Å². The van der Waals surface area contributed by atoms with E-state index in [1.807, 2.05) is 36.4 Å². The lowest BCUT2D eigenvalue weighted by molar-refractivity contribution is 0.104. The Balaban J connectivity index is 1.89. The van der Waals surface area contributed by atoms with Crippen molar-refractivity contribution in [3.63, 3.8) is 0 Å². The second-order valence-corrected chi connectivity index (χ2v) is 9.05. The largest absolute Gasteiger partial charge is 0.496 e. The number of methoxy groups -OCH3 is 1. The van der Waals surface area contributed by atoms with Crippen molar-refractivity contribution in [1.29, 1.82) is 0 Å². The number of piperidine rings is 1. The number of allylic oxidation sites excluding steroid dienone is 1. The van der Waals surface area contributed by atoms with Crippen LogP contribution in [0.2, 0.25) is 5.02 Å². The molecule has 0 aromatic heterocycles. The Kier molecular flexibility index (Phi) is 8.31. The van der Waals surface area contributed by atoms with Gasteiger partial charge in [0.05, 0.1) is 7.11 Å². The van der Waals surface area contributed by atoms with E-state index in [0.29, 0.717) is 5.02 Å². The molecule has 1 aliphatic rings. The molecule has 0 bridgehead atoms. The van der Waals surface area contributed by atoms with Gasteiger partial charge in [0.1, 0.15) is 17.6 Å². The van der Waals surface area contributed by atoms with Gasteiger partial charge < -0.3 is 14.4 Å². The average Bonchev–Trinajstić information content (AvgIpc) is 2.89. The molecule has 1 fully saturated rings. The predicted molar refractivity (Wildman–Crippen MR) is 143 cm³/mol. The van der Waals surface area contributed by atoms with E-state index in [1.54, 1.807) is 7.11 Å². The minimum absolute atomic E-state index is 0.181. The molecule has 0 aliphatic carbocycles. The van der Waals surface area contributed by atoms with Crippen molar-refractivity contribution in [3.05, 3.63) is 89.0 Å². The molecule has 1 heterocycles. The van der Waals surface area contributed by atoms with E-state index < -0.39 is 0 Å². The molecule has 0 amide bonds. The molecule has 1 aliphatic heterocycles. The summed E-state index contributed by atoms with van der Waals surface area (Å²) in [5, 5.41) is 0.706. The summed E-state index contributed by atoms with van der Waals surface area (Å²) >= 11 is 6.96. The van der Waals surface area contributed by atoms with E-state index in [2.05, 4.69) is 55.2 Å².